The molecule has 0 spiro atoms. The number of aliphatic hydroxyl groups excluding tert-OH is 1. The Balaban J connectivity index is 1.77. The molecule has 1 heterocycles. The van der Waals surface area contributed by atoms with Crippen molar-refractivity contribution in [3.05, 3.63) is 88.7 Å². The minimum Gasteiger partial charge on any atom is -0.462 e. The molecule has 1 amide bonds. The van der Waals surface area contributed by atoms with E-state index in [2.05, 4.69) is 10.5 Å². The highest BCUT2D eigenvalue weighted by Gasteiger charge is 2.16. The van der Waals surface area contributed by atoms with Crippen LogP contribution in [0.25, 0.3) is 5.69 Å². The Hall–Kier alpha value is -3.71. The third-order valence-electron chi connectivity index (χ3n) is 4.83. The van der Waals surface area contributed by atoms with Crippen molar-refractivity contribution >= 4 is 18.1 Å². The highest BCUT2D eigenvalue weighted by atomic mass is 16.5. The van der Waals surface area contributed by atoms with Crippen molar-refractivity contribution in [3.63, 3.8) is 0 Å². The van der Waals surface area contributed by atoms with E-state index in [9.17, 15) is 14.7 Å². The normalized spacial score (nSPS) is 12.0. The lowest BCUT2D eigenvalue weighted by atomic mass is 10.1. The van der Waals surface area contributed by atoms with Gasteiger partial charge in [0.1, 0.15) is 0 Å². The molecular formula is C24H25N3O4. The predicted molar refractivity (Wildman–Crippen MR) is 118 cm³/mol. The molecule has 0 unspecified atom stereocenters. The van der Waals surface area contributed by atoms with Crippen LogP contribution in [-0.2, 0) is 9.53 Å². The zero-order valence-corrected chi connectivity index (χ0v) is 17.7. The summed E-state index contributed by atoms with van der Waals surface area (Å²) < 4.78 is 7.07. The second-order valence-electron chi connectivity index (χ2n) is 6.98. The van der Waals surface area contributed by atoms with Crippen LogP contribution in [-0.4, -0.2) is 34.4 Å². The third-order valence-corrected chi connectivity index (χ3v) is 4.83. The summed E-state index contributed by atoms with van der Waals surface area (Å²) in [6.07, 6.45) is 0.236. The van der Waals surface area contributed by atoms with Crippen LogP contribution in [0.15, 0.2) is 65.8 Å². The second-order valence-corrected chi connectivity index (χ2v) is 6.98. The van der Waals surface area contributed by atoms with E-state index in [1.165, 1.54) is 6.21 Å². The molecule has 0 fully saturated rings. The van der Waals surface area contributed by atoms with Crippen molar-refractivity contribution in [2.75, 3.05) is 6.61 Å². The van der Waals surface area contributed by atoms with Gasteiger partial charge in [-0.1, -0.05) is 36.4 Å². The Morgan fingerprint density at radius 2 is 1.87 bits per heavy atom. The summed E-state index contributed by atoms with van der Waals surface area (Å²) in [6.45, 7) is 5.95. The van der Waals surface area contributed by atoms with E-state index in [0.29, 0.717) is 17.7 Å². The molecule has 0 saturated heterocycles. The maximum absolute atomic E-state index is 12.1. The highest BCUT2D eigenvalue weighted by molar-refractivity contribution is 5.90. The molecule has 31 heavy (non-hydrogen) atoms. The van der Waals surface area contributed by atoms with Crippen LogP contribution in [0.5, 0.6) is 0 Å². The van der Waals surface area contributed by atoms with E-state index >= 15 is 0 Å². The minimum absolute atomic E-state index is 0.315. The van der Waals surface area contributed by atoms with Crippen LogP contribution in [0, 0.1) is 13.8 Å². The SMILES string of the molecule is CCOC(=O)c1cccc(-n2c(C)cc(/C=N\NC(=O)[C@@H](O)c3ccccc3)c2C)c1. The fraction of sp³-hybridized carbons (Fsp3) is 0.208. The Bertz CT molecular complexity index is 1100. The molecule has 0 bridgehead atoms. The van der Waals surface area contributed by atoms with Gasteiger partial charge in [-0.3, -0.25) is 4.79 Å². The van der Waals surface area contributed by atoms with Crippen LogP contribution in [0.1, 0.15) is 45.9 Å². The quantitative estimate of drug-likeness (QED) is 0.348. The number of ether oxygens (including phenoxy) is 1. The summed E-state index contributed by atoms with van der Waals surface area (Å²) in [4.78, 5) is 24.2. The number of nitrogens with one attached hydrogen (secondary N) is 1. The fourth-order valence-electron chi connectivity index (χ4n) is 3.32. The van der Waals surface area contributed by atoms with Gasteiger partial charge in [0, 0.05) is 22.6 Å². The molecule has 3 aromatic rings. The first-order valence-electron chi connectivity index (χ1n) is 9.94. The molecule has 1 atom stereocenters. The number of esters is 1. The van der Waals surface area contributed by atoms with Gasteiger partial charge < -0.3 is 14.4 Å². The van der Waals surface area contributed by atoms with Gasteiger partial charge >= 0.3 is 5.97 Å². The monoisotopic (exact) mass is 419 g/mol. The van der Waals surface area contributed by atoms with Crippen molar-refractivity contribution < 1.29 is 19.4 Å². The molecular weight excluding hydrogens is 394 g/mol. The van der Waals surface area contributed by atoms with Crippen LogP contribution in [0.3, 0.4) is 0 Å². The third kappa shape index (κ3) is 5.07. The standard InChI is InChI=1S/C24H25N3O4/c1-4-31-24(30)19-11-8-12-21(14-19)27-16(2)13-20(17(27)3)15-25-26-23(29)22(28)18-9-6-5-7-10-18/h5-15,22,28H,4H2,1-3H3,(H,26,29)/b25-15-/t22-/m0/s1. The number of carbonyl (C=O) groups excluding carboxylic acids is 2. The van der Waals surface area contributed by atoms with E-state index in [4.69, 9.17) is 4.74 Å². The first-order chi connectivity index (χ1) is 14.9. The first kappa shape index (κ1) is 22.0. The number of benzene rings is 2. The molecule has 160 valence electrons. The number of nitrogens with zero attached hydrogens (tertiary/aromatic N) is 2. The van der Waals surface area contributed by atoms with Crippen molar-refractivity contribution in [2.24, 2.45) is 5.10 Å². The molecule has 3 rings (SSSR count). The van der Waals surface area contributed by atoms with E-state index in [1.807, 2.05) is 36.6 Å². The summed E-state index contributed by atoms with van der Waals surface area (Å²) >= 11 is 0. The van der Waals surface area contributed by atoms with Crippen molar-refractivity contribution in [1.82, 2.24) is 9.99 Å². The molecule has 0 aliphatic heterocycles. The van der Waals surface area contributed by atoms with E-state index in [0.717, 1.165) is 22.6 Å². The Kier molecular flexibility index (Phi) is 6.99. The molecule has 2 N–H and O–H groups in total. The smallest absolute Gasteiger partial charge is 0.338 e. The number of hydrogen-bond donors (Lipinski definition) is 2. The van der Waals surface area contributed by atoms with Crippen LogP contribution >= 0.6 is 0 Å². The summed E-state index contributed by atoms with van der Waals surface area (Å²) in [5, 5.41) is 14.1. The summed E-state index contributed by atoms with van der Waals surface area (Å²) in [5.41, 5.74) is 6.80. The van der Waals surface area contributed by atoms with Gasteiger partial charge in [0.2, 0.25) is 0 Å². The Labute approximate surface area is 181 Å². The summed E-state index contributed by atoms with van der Waals surface area (Å²) in [7, 11) is 0. The highest BCUT2D eigenvalue weighted by Crippen LogP contribution is 2.21. The first-order valence-corrected chi connectivity index (χ1v) is 9.94. The summed E-state index contributed by atoms with van der Waals surface area (Å²) in [5.74, 6) is -0.980. The van der Waals surface area contributed by atoms with Crippen LogP contribution in [0.2, 0.25) is 0 Å². The maximum Gasteiger partial charge on any atom is 0.338 e. The van der Waals surface area contributed by atoms with E-state index < -0.39 is 12.0 Å². The molecule has 7 heteroatoms. The number of aromatic nitrogens is 1. The van der Waals surface area contributed by atoms with Gasteiger partial charge in [-0.05, 0) is 50.6 Å². The topological polar surface area (TPSA) is 92.9 Å². The van der Waals surface area contributed by atoms with Crippen molar-refractivity contribution in [2.45, 2.75) is 26.9 Å². The number of hydrazone groups is 1. The van der Waals surface area contributed by atoms with Crippen molar-refractivity contribution in [3.8, 4) is 5.69 Å². The molecule has 0 aliphatic rings. The molecule has 0 aliphatic carbocycles. The van der Waals surface area contributed by atoms with Crippen LogP contribution in [0.4, 0.5) is 0 Å². The van der Waals surface area contributed by atoms with Gasteiger partial charge in [-0.15, -0.1) is 0 Å². The van der Waals surface area contributed by atoms with Crippen molar-refractivity contribution in [1.29, 1.82) is 0 Å². The summed E-state index contributed by atoms with van der Waals surface area (Å²) in [6, 6.07) is 17.8. The molecule has 7 nitrogen and oxygen atoms in total. The zero-order chi connectivity index (χ0) is 22.4. The zero-order valence-electron chi connectivity index (χ0n) is 17.7. The van der Waals surface area contributed by atoms with E-state index in [-0.39, 0.29) is 5.97 Å². The lowest BCUT2D eigenvalue weighted by Gasteiger charge is -2.11. The largest absolute Gasteiger partial charge is 0.462 e. The molecule has 0 saturated carbocycles. The minimum atomic E-state index is -1.30. The fourth-order valence-corrected chi connectivity index (χ4v) is 3.32. The Morgan fingerprint density at radius 1 is 1.13 bits per heavy atom. The lowest BCUT2D eigenvalue weighted by Crippen LogP contribution is -2.25. The lowest BCUT2D eigenvalue weighted by molar-refractivity contribution is -0.129. The predicted octanol–water partition coefficient (Wildman–Crippen LogP) is 3.45. The number of rotatable bonds is 7. The van der Waals surface area contributed by atoms with Gasteiger partial charge in [0.25, 0.3) is 5.91 Å². The van der Waals surface area contributed by atoms with E-state index in [1.54, 1.807) is 49.4 Å². The number of aliphatic hydroxyl groups is 1. The number of carbonyl (C=O) groups is 2. The average Bonchev–Trinajstić information content (AvgIpc) is 3.07. The van der Waals surface area contributed by atoms with Gasteiger partial charge in [-0.2, -0.15) is 5.10 Å². The van der Waals surface area contributed by atoms with Gasteiger partial charge in [0.15, 0.2) is 6.10 Å². The van der Waals surface area contributed by atoms with Gasteiger partial charge in [-0.25, -0.2) is 10.2 Å². The average molecular weight is 419 g/mol. The number of amides is 1. The second kappa shape index (κ2) is 9.86. The Morgan fingerprint density at radius 3 is 2.58 bits per heavy atom. The maximum atomic E-state index is 12.1. The molecule has 0 radical (unpaired) electrons. The number of hydrogen-bond acceptors (Lipinski definition) is 5. The molecule has 2 aromatic carbocycles. The van der Waals surface area contributed by atoms with Gasteiger partial charge in [0.05, 0.1) is 18.4 Å². The number of aryl methyl sites for hydroxylation is 1. The molecule has 1 aromatic heterocycles. The van der Waals surface area contributed by atoms with Crippen LogP contribution < -0.4 is 5.43 Å².